The molecular weight excluding hydrogens is 484 g/mol. The molecule has 4 aliphatic rings. The summed E-state index contributed by atoms with van der Waals surface area (Å²) >= 11 is 0. The maximum atomic E-state index is 12.0. The maximum absolute atomic E-state index is 12.0. The quantitative estimate of drug-likeness (QED) is 0.277. The number of hydrogen-bond donors (Lipinski definition) is 1. The lowest BCUT2D eigenvalue weighted by atomic mass is 9.41. The Morgan fingerprint density at radius 1 is 0.921 bits per heavy atom. The molecule has 0 aromatic carbocycles. The Kier molecular flexibility index (Phi) is 9.88. The van der Waals surface area contributed by atoms with Gasteiger partial charge in [-0.1, -0.05) is 34.1 Å². The highest BCUT2D eigenvalue weighted by Crippen LogP contribution is 2.70. The monoisotopic (exact) mass is 538 g/mol. The van der Waals surface area contributed by atoms with Crippen LogP contribution in [-0.4, -0.2) is 64.3 Å². The molecule has 220 valence electrons. The highest BCUT2D eigenvalue weighted by molar-refractivity contribution is 5.74. The standard InChI is InChI=1S/C31H54O7/c1-8-21-25-16-20(37-17-34-5)11-13-31(25,4)24-12-14-30(3)22(19(2)15-26(32)29(33)36-7)9-10-23(30)27(24)28(21)38-18-35-6/h19-28,32H,8-18H2,1-7H3/t19-,20-,21-,22-,23?,24?,25?,26?,27?,28-,30-,31-/m1/s1. The normalized spacial score (nSPS) is 44.0. The van der Waals surface area contributed by atoms with Gasteiger partial charge in [0.15, 0.2) is 6.10 Å². The molecule has 5 unspecified atom stereocenters. The van der Waals surface area contributed by atoms with Crippen molar-refractivity contribution in [3.05, 3.63) is 0 Å². The van der Waals surface area contributed by atoms with Gasteiger partial charge in [-0.2, -0.15) is 0 Å². The van der Waals surface area contributed by atoms with Crippen molar-refractivity contribution in [1.29, 1.82) is 0 Å². The fraction of sp³-hybridized carbons (Fsp3) is 0.968. The van der Waals surface area contributed by atoms with Crippen molar-refractivity contribution in [2.24, 2.45) is 52.3 Å². The van der Waals surface area contributed by atoms with E-state index >= 15 is 0 Å². The van der Waals surface area contributed by atoms with Crippen LogP contribution in [0.3, 0.4) is 0 Å². The SMILES string of the molecule is CC[C@@H]1C2C[C@H](OCOC)CC[C@]2(C)C2CC[C@@]3(C)C(CC[C@@H]3[C@H](C)CC(O)C(=O)OC)C2[C@@H]1OCOC. The number of carbonyl (C=O) groups is 1. The first-order valence-electron chi connectivity index (χ1n) is 15.1. The summed E-state index contributed by atoms with van der Waals surface area (Å²) in [5, 5.41) is 10.4. The molecule has 0 saturated heterocycles. The smallest absolute Gasteiger partial charge is 0.334 e. The van der Waals surface area contributed by atoms with Gasteiger partial charge in [-0.05, 0) is 104 Å². The first-order chi connectivity index (χ1) is 18.2. The van der Waals surface area contributed by atoms with Crippen LogP contribution in [0.5, 0.6) is 0 Å². The molecule has 0 radical (unpaired) electrons. The van der Waals surface area contributed by atoms with Crippen LogP contribution in [0.2, 0.25) is 0 Å². The average molecular weight is 539 g/mol. The molecule has 0 aromatic rings. The van der Waals surface area contributed by atoms with Crippen molar-refractivity contribution in [3.8, 4) is 0 Å². The number of hydrogen-bond acceptors (Lipinski definition) is 7. The van der Waals surface area contributed by atoms with Crippen LogP contribution in [-0.2, 0) is 28.5 Å². The van der Waals surface area contributed by atoms with Gasteiger partial charge in [-0.15, -0.1) is 0 Å². The molecule has 4 rings (SSSR count). The number of fused-ring (bicyclic) bond motifs is 5. The van der Waals surface area contributed by atoms with Gasteiger partial charge >= 0.3 is 5.97 Å². The largest absolute Gasteiger partial charge is 0.467 e. The molecule has 0 spiro atoms. The van der Waals surface area contributed by atoms with E-state index in [0.29, 0.717) is 55.5 Å². The van der Waals surface area contributed by atoms with Gasteiger partial charge in [0.2, 0.25) is 0 Å². The fourth-order valence-corrected chi connectivity index (χ4v) is 10.3. The van der Waals surface area contributed by atoms with E-state index in [9.17, 15) is 9.90 Å². The first-order valence-corrected chi connectivity index (χ1v) is 15.1. The molecule has 0 aliphatic heterocycles. The van der Waals surface area contributed by atoms with Gasteiger partial charge < -0.3 is 28.8 Å². The second-order valence-corrected chi connectivity index (χ2v) is 13.5. The molecule has 0 heterocycles. The summed E-state index contributed by atoms with van der Waals surface area (Å²) in [4.78, 5) is 12.0. The number of aliphatic hydroxyl groups is 1. The molecular formula is C31H54O7. The molecule has 4 aliphatic carbocycles. The molecule has 12 atom stereocenters. The summed E-state index contributed by atoms with van der Waals surface area (Å²) in [5.41, 5.74) is 0.475. The maximum Gasteiger partial charge on any atom is 0.334 e. The lowest BCUT2D eigenvalue weighted by molar-refractivity contribution is -0.239. The van der Waals surface area contributed by atoms with Crippen LogP contribution >= 0.6 is 0 Å². The number of ether oxygens (including phenoxy) is 5. The van der Waals surface area contributed by atoms with Gasteiger partial charge in [-0.25, -0.2) is 4.79 Å². The topological polar surface area (TPSA) is 83.5 Å². The summed E-state index contributed by atoms with van der Waals surface area (Å²) in [5.74, 6) is 3.00. The van der Waals surface area contributed by atoms with Gasteiger partial charge in [-0.3, -0.25) is 0 Å². The molecule has 4 saturated carbocycles. The van der Waals surface area contributed by atoms with Gasteiger partial charge in [0.25, 0.3) is 0 Å². The molecule has 0 aromatic heterocycles. The molecule has 7 heteroatoms. The fourth-order valence-electron chi connectivity index (χ4n) is 10.3. The summed E-state index contributed by atoms with van der Waals surface area (Å²) in [6.07, 6.45) is 9.15. The van der Waals surface area contributed by atoms with Crippen molar-refractivity contribution in [1.82, 2.24) is 0 Å². The number of aliphatic hydroxyl groups excluding tert-OH is 1. The zero-order chi connectivity index (χ0) is 27.7. The van der Waals surface area contributed by atoms with Crippen molar-refractivity contribution >= 4 is 5.97 Å². The Hall–Kier alpha value is -0.730. The number of rotatable bonds is 11. The minimum atomic E-state index is -1.04. The zero-order valence-corrected chi connectivity index (χ0v) is 24.9. The summed E-state index contributed by atoms with van der Waals surface area (Å²) in [6.45, 7) is 10.4. The minimum absolute atomic E-state index is 0.184. The second kappa shape index (κ2) is 12.4. The van der Waals surface area contributed by atoms with Crippen LogP contribution in [0.1, 0.15) is 85.5 Å². The summed E-state index contributed by atoms with van der Waals surface area (Å²) < 4.78 is 28.3. The van der Waals surface area contributed by atoms with E-state index < -0.39 is 12.1 Å². The van der Waals surface area contributed by atoms with E-state index in [4.69, 9.17) is 23.7 Å². The van der Waals surface area contributed by atoms with E-state index in [-0.39, 0.29) is 29.0 Å². The predicted molar refractivity (Wildman–Crippen MR) is 145 cm³/mol. The zero-order valence-electron chi connectivity index (χ0n) is 24.9. The molecule has 0 amide bonds. The van der Waals surface area contributed by atoms with Gasteiger partial charge in [0.1, 0.15) is 13.6 Å². The number of esters is 1. The van der Waals surface area contributed by atoms with E-state index in [1.54, 1.807) is 14.2 Å². The average Bonchev–Trinajstić information content (AvgIpc) is 3.27. The Balaban J connectivity index is 1.62. The van der Waals surface area contributed by atoms with Crippen LogP contribution in [0.4, 0.5) is 0 Å². The van der Waals surface area contributed by atoms with Crippen molar-refractivity contribution in [2.75, 3.05) is 34.9 Å². The van der Waals surface area contributed by atoms with E-state index in [1.807, 2.05) is 0 Å². The van der Waals surface area contributed by atoms with Crippen molar-refractivity contribution in [2.45, 2.75) is 104 Å². The summed E-state index contributed by atoms with van der Waals surface area (Å²) in [6, 6.07) is 0. The predicted octanol–water partition coefficient (Wildman–Crippen LogP) is 5.43. The van der Waals surface area contributed by atoms with Crippen LogP contribution in [0.15, 0.2) is 0 Å². The number of carbonyl (C=O) groups excluding carboxylic acids is 1. The minimum Gasteiger partial charge on any atom is -0.467 e. The first kappa shape index (κ1) is 30.2. The highest BCUT2D eigenvalue weighted by Gasteiger charge is 2.65. The van der Waals surface area contributed by atoms with Gasteiger partial charge in [0.05, 0.1) is 19.3 Å². The van der Waals surface area contributed by atoms with E-state index in [1.165, 1.54) is 32.8 Å². The molecule has 4 fully saturated rings. The molecule has 7 nitrogen and oxygen atoms in total. The molecule has 1 N–H and O–H groups in total. The number of methoxy groups -OCH3 is 3. The van der Waals surface area contributed by atoms with Crippen LogP contribution in [0, 0.1) is 52.3 Å². The van der Waals surface area contributed by atoms with Gasteiger partial charge in [0, 0.05) is 14.2 Å². The third-order valence-corrected chi connectivity index (χ3v) is 12.0. The Bertz CT molecular complexity index is 790. The third kappa shape index (κ3) is 5.32. The Labute approximate surface area is 230 Å². The van der Waals surface area contributed by atoms with Crippen LogP contribution in [0.25, 0.3) is 0 Å². The Morgan fingerprint density at radius 3 is 2.24 bits per heavy atom. The molecule has 0 bridgehead atoms. The lowest BCUT2D eigenvalue weighted by Crippen LogP contribution is -2.63. The summed E-state index contributed by atoms with van der Waals surface area (Å²) in [7, 11) is 4.78. The third-order valence-electron chi connectivity index (χ3n) is 12.0. The Morgan fingerprint density at radius 2 is 1.58 bits per heavy atom. The van der Waals surface area contributed by atoms with E-state index in [2.05, 4.69) is 27.7 Å². The molecule has 38 heavy (non-hydrogen) atoms. The lowest BCUT2D eigenvalue weighted by Gasteiger charge is -2.65. The van der Waals surface area contributed by atoms with E-state index in [0.717, 1.165) is 25.7 Å². The highest BCUT2D eigenvalue weighted by atomic mass is 16.7. The van der Waals surface area contributed by atoms with Crippen LogP contribution < -0.4 is 0 Å². The second-order valence-electron chi connectivity index (χ2n) is 13.5. The van der Waals surface area contributed by atoms with Crippen molar-refractivity contribution in [3.63, 3.8) is 0 Å². The van der Waals surface area contributed by atoms with Crippen molar-refractivity contribution < 1.29 is 33.6 Å².